The summed E-state index contributed by atoms with van der Waals surface area (Å²) in [6, 6.07) is 10.0. The zero-order valence-corrected chi connectivity index (χ0v) is 17.0. The van der Waals surface area contributed by atoms with E-state index in [9.17, 15) is 4.79 Å². The first-order chi connectivity index (χ1) is 12.3. The van der Waals surface area contributed by atoms with E-state index in [-0.39, 0.29) is 10.6 Å². The van der Waals surface area contributed by atoms with Crippen molar-refractivity contribution in [2.75, 3.05) is 5.32 Å². The second-order valence-corrected chi connectivity index (χ2v) is 9.17. The molecule has 2 aromatic heterocycles. The van der Waals surface area contributed by atoms with E-state index < -0.39 is 5.54 Å². The summed E-state index contributed by atoms with van der Waals surface area (Å²) in [5.74, 6) is 0. The highest BCUT2D eigenvalue weighted by atomic mass is 35.5. The van der Waals surface area contributed by atoms with Crippen molar-refractivity contribution in [3.63, 3.8) is 0 Å². The summed E-state index contributed by atoms with van der Waals surface area (Å²) in [5.41, 5.74) is 0.423. The normalized spacial score (nSPS) is 11.5. The number of nitrogens with one attached hydrogen (secondary N) is 1. The Bertz CT molecular complexity index is 950. The van der Waals surface area contributed by atoms with Crippen molar-refractivity contribution < 1.29 is 0 Å². The summed E-state index contributed by atoms with van der Waals surface area (Å²) in [6.07, 6.45) is 1.60. The van der Waals surface area contributed by atoms with E-state index in [1.807, 2.05) is 51.1 Å². The molecule has 0 amide bonds. The molecule has 0 saturated carbocycles. The van der Waals surface area contributed by atoms with Crippen LogP contribution in [0.2, 0.25) is 5.02 Å². The largest absolute Gasteiger partial charge is 0.356 e. The zero-order valence-electron chi connectivity index (χ0n) is 14.6. The van der Waals surface area contributed by atoms with Crippen molar-refractivity contribution in [2.45, 2.75) is 42.1 Å². The van der Waals surface area contributed by atoms with E-state index in [4.69, 9.17) is 11.6 Å². The highest BCUT2D eigenvalue weighted by Crippen LogP contribution is 2.34. The van der Waals surface area contributed by atoms with Gasteiger partial charge in [-0.1, -0.05) is 65.0 Å². The van der Waals surface area contributed by atoms with Crippen molar-refractivity contribution in [1.29, 1.82) is 0 Å². The Morgan fingerprint density at radius 1 is 1.23 bits per heavy atom. The Balaban J connectivity index is 1.71. The van der Waals surface area contributed by atoms with E-state index >= 15 is 0 Å². The summed E-state index contributed by atoms with van der Waals surface area (Å²) in [5, 5.41) is 16.6. The molecule has 0 aliphatic carbocycles. The van der Waals surface area contributed by atoms with Crippen molar-refractivity contribution in [3.05, 3.63) is 57.5 Å². The molecule has 3 rings (SSSR count). The number of hydrogen-bond acceptors (Lipinski definition) is 7. The molecule has 6 nitrogen and oxygen atoms in total. The van der Waals surface area contributed by atoms with Crippen LogP contribution in [0.5, 0.6) is 0 Å². The minimum absolute atomic E-state index is 0.147. The third-order valence-corrected chi connectivity index (χ3v) is 5.85. The maximum absolute atomic E-state index is 12.4. The first kappa shape index (κ1) is 18.9. The molecule has 0 unspecified atom stereocenters. The van der Waals surface area contributed by atoms with Gasteiger partial charge in [0.15, 0.2) is 4.34 Å². The van der Waals surface area contributed by atoms with Gasteiger partial charge in [-0.15, -0.1) is 10.2 Å². The summed E-state index contributed by atoms with van der Waals surface area (Å²) in [6.45, 7) is 6.38. The summed E-state index contributed by atoms with van der Waals surface area (Å²) in [4.78, 5) is 13.0. The topological polar surface area (TPSA) is 72.7 Å². The molecule has 0 atom stereocenters. The summed E-state index contributed by atoms with van der Waals surface area (Å²) < 4.78 is 2.07. The number of benzene rings is 1. The molecule has 0 saturated heterocycles. The van der Waals surface area contributed by atoms with Crippen LogP contribution in [-0.2, 0) is 12.1 Å². The molecule has 0 aliphatic heterocycles. The van der Waals surface area contributed by atoms with Crippen molar-refractivity contribution >= 4 is 39.8 Å². The van der Waals surface area contributed by atoms with E-state index in [2.05, 4.69) is 20.6 Å². The van der Waals surface area contributed by atoms with Gasteiger partial charge in [-0.25, -0.2) is 4.68 Å². The van der Waals surface area contributed by atoms with Crippen LogP contribution in [0.3, 0.4) is 0 Å². The lowest BCUT2D eigenvalue weighted by molar-refractivity contribution is 0.336. The van der Waals surface area contributed by atoms with Crippen LogP contribution in [0, 0.1) is 0 Å². The predicted octanol–water partition coefficient (Wildman–Crippen LogP) is 4.27. The van der Waals surface area contributed by atoms with Gasteiger partial charge in [-0.05, 0) is 26.3 Å². The standard InChI is InChI=1S/C17H18ClN5OS2/c1-17(2,3)23-14(24)13(18)12(10-20-23)25-16-22-21-15(26-16)19-9-11-7-5-4-6-8-11/h4-8,10H,9H2,1-3H3,(H,19,21). The third kappa shape index (κ3) is 4.44. The first-order valence-corrected chi connectivity index (χ1v) is 9.93. The second kappa shape index (κ2) is 7.77. The van der Waals surface area contributed by atoms with Crippen LogP contribution >= 0.6 is 34.7 Å². The first-order valence-electron chi connectivity index (χ1n) is 7.92. The molecule has 26 heavy (non-hydrogen) atoms. The molecular formula is C17H18ClN5OS2. The fourth-order valence-corrected chi connectivity index (χ4v) is 4.09. The van der Waals surface area contributed by atoms with Gasteiger partial charge >= 0.3 is 0 Å². The molecule has 1 N–H and O–H groups in total. The molecule has 0 bridgehead atoms. The van der Waals surface area contributed by atoms with Gasteiger partial charge in [0.05, 0.1) is 16.6 Å². The maximum atomic E-state index is 12.4. The van der Waals surface area contributed by atoms with Gasteiger partial charge in [0.2, 0.25) is 5.13 Å². The van der Waals surface area contributed by atoms with Crippen LogP contribution in [0.25, 0.3) is 0 Å². The third-order valence-electron chi connectivity index (χ3n) is 3.41. The Morgan fingerprint density at radius 3 is 2.65 bits per heavy atom. The van der Waals surface area contributed by atoms with Gasteiger partial charge in [0.25, 0.3) is 5.56 Å². The lowest BCUT2D eigenvalue weighted by Gasteiger charge is -2.20. The van der Waals surface area contributed by atoms with Gasteiger partial charge < -0.3 is 5.32 Å². The van der Waals surface area contributed by atoms with E-state index in [0.717, 1.165) is 5.56 Å². The summed E-state index contributed by atoms with van der Waals surface area (Å²) >= 11 is 8.94. The summed E-state index contributed by atoms with van der Waals surface area (Å²) in [7, 11) is 0. The minimum atomic E-state index is -0.429. The van der Waals surface area contributed by atoms with Gasteiger partial charge in [0, 0.05) is 6.54 Å². The zero-order chi connectivity index (χ0) is 18.7. The molecule has 136 valence electrons. The molecule has 0 spiro atoms. The molecule has 3 aromatic rings. The smallest absolute Gasteiger partial charge is 0.287 e. The molecule has 0 fully saturated rings. The molecule has 2 heterocycles. The van der Waals surface area contributed by atoms with Gasteiger partial charge in [0.1, 0.15) is 5.02 Å². The van der Waals surface area contributed by atoms with Crippen LogP contribution in [-0.4, -0.2) is 20.0 Å². The van der Waals surface area contributed by atoms with Crippen LogP contribution in [0.4, 0.5) is 5.13 Å². The lowest BCUT2D eigenvalue weighted by Crippen LogP contribution is -2.36. The lowest BCUT2D eigenvalue weighted by atomic mass is 10.1. The Hall–Kier alpha value is -1.90. The number of anilines is 1. The van der Waals surface area contributed by atoms with E-state index in [1.54, 1.807) is 6.20 Å². The van der Waals surface area contributed by atoms with Crippen LogP contribution in [0.1, 0.15) is 26.3 Å². The number of hydrogen-bond donors (Lipinski definition) is 1. The highest BCUT2D eigenvalue weighted by molar-refractivity contribution is 8.01. The number of nitrogens with zero attached hydrogens (tertiary/aromatic N) is 4. The Kier molecular flexibility index (Phi) is 5.64. The SMILES string of the molecule is CC(C)(C)n1ncc(Sc2nnc(NCc3ccccc3)s2)c(Cl)c1=O. The number of halogens is 1. The molecule has 1 aromatic carbocycles. The number of rotatable bonds is 5. The predicted molar refractivity (Wildman–Crippen MR) is 106 cm³/mol. The van der Waals surface area contributed by atoms with Gasteiger partial charge in [-0.3, -0.25) is 4.79 Å². The molecule has 0 aliphatic rings. The quantitative estimate of drug-likeness (QED) is 0.681. The van der Waals surface area contributed by atoms with Gasteiger partial charge in [-0.2, -0.15) is 5.10 Å². The van der Waals surface area contributed by atoms with Crippen molar-refractivity contribution in [2.24, 2.45) is 0 Å². The average molecular weight is 408 g/mol. The van der Waals surface area contributed by atoms with Crippen LogP contribution in [0.15, 0.2) is 50.6 Å². The maximum Gasteiger partial charge on any atom is 0.287 e. The molecule has 9 heteroatoms. The Morgan fingerprint density at radius 2 is 1.96 bits per heavy atom. The fraction of sp³-hybridized carbons (Fsp3) is 0.294. The van der Waals surface area contributed by atoms with Crippen molar-refractivity contribution in [3.8, 4) is 0 Å². The van der Waals surface area contributed by atoms with Crippen molar-refractivity contribution in [1.82, 2.24) is 20.0 Å². The molecule has 0 radical (unpaired) electrons. The minimum Gasteiger partial charge on any atom is -0.356 e. The van der Waals surface area contributed by atoms with E-state index in [1.165, 1.54) is 27.8 Å². The average Bonchev–Trinajstić information content (AvgIpc) is 3.04. The number of aromatic nitrogens is 4. The molecular weight excluding hydrogens is 390 g/mol. The highest BCUT2D eigenvalue weighted by Gasteiger charge is 2.20. The van der Waals surface area contributed by atoms with E-state index in [0.29, 0.717) is 20.9 Å². The monoisotopic (exact) mass is 407 g/mol. The van der Waals surface area contributed by atoms with Crippen LogP contribution < -0.4 is 10.9 Å². The fourth-order valence-electron chi connectivity index (χ4n) is 2.16. The second-order valence-electron chi connectivity index (χ2n) is 6.52. The Labute approximate surface area is 164 Å².